The molecule has 0 bridgehead atoms. The monoisotopic (exact) mass is 330 g/mol. The number of nitrogens with one attached hydrogen (secondary N) is 2. The molecule has 0 aliphatic carbocycles. The van der Waals surface area contributed by atoms with Crippen LogP contribution in [0.1, 0.15) is 27.2 Å². The number of hydrogen-bond donors (Lipinski definition) is 2. The molecule has 6 nitrogen and oxygen atoms in total. The highest BCUT2D eigenvalue weighted by Gasteiger charge is 2.15. The van der Waals surface area contributed by atoms with Gasteiger partial charge in [-0.3, -0.25) is 0 Å². The van der Waals surface area contributed by atoms with E-state index in [0.29, 0.717) is 13.0 Å². The van der Waals surface area contributed by atoms with E-state index in [-0.39, 0.29) is 11.2 Å². The fourth-order valence-corrected chi connectivity index (χ4v) is 1.88. The van der Waals surface area contributed by atoms with Crippen LogP contribution in [0, 0.1) is 0 Å². The Morgan fingerprint density at radius 2 is 1.88 bits per heavy atom. The molecule has 0 atom stereocenters. The molecule has 1 amide bonds. The highest BCUT2D eigenvalue weighted by Crippen LogP contribution is 2.06. The van der Waals surface area contributed by atoms with Gasteiger partial charge in [0, 0.05) is 13.1 Å². The molecular formula is C9H19BrN2O4S. The summed E-state index contributed by atoms with van der Waals surface area (Å²) < 4.78 is 29.3. The number of ether oxygens (including phenoxy) is 1. The zero-order valence-electron chi connectivity index (χ0n) is 10.2. The van der Waals surface area contributed by atoms with E-state index in [1.807, 2.05) is 0 Å². The number of alkyl carbamates (subject to hydrolysis) is 1. The van der Waals surface area contributed by atoms with Crippen LogP contribution >= 0.6 is 15.9 Å². The second-order valence-corrected chi connectivity index (χ2v) is 7.51. The van der Waals surface area contributed by atoms with Gasteiger partial charge < -0.3 is 10.1 Å². The number of alkyl halides is 1. The third kappa shape index (κ3) is 10.5. The highest BCUT2D eigenvalue weighted by atomic mass is 79.9. The van der Waals surface area contributed by atoms with Crippen molar-refractivity contribution in [3.05, 3.63) is 0 Å². The average molecular weight is 331 g/mol. The lowest BCUT2D eigenvalue weighted by Crippen LogP contribution is -2.34. The fraction of sp³-hybridized carbons (Fsp3) is 0.889. The molecule has 0 aromatic carbocycles. The minimum Gasteiger partial charge on any atom is -0.444 e. The molecule has 102 valence electrons. The summed E-state index contributed by atoms with van der Waals surface area (Å²) in [7, 11) is -3.23. The normalized spacial score (nSPS) is 12.2. The van der Waals surface area contributed by atoms with E-state index in [2.05, 4.69) is 26.0 Å². The van der Waals surface area contributed by atoms with E-state index in [4.69, 9.17) is 4.74 Å². The first-order valence-electron chi connectivity index (χ1n) is 5.16. The SMILES string of the molecule is CC(C)(C)OC(=O)NCCCNS(=O)(=O)CBr. The van der Waals surface area contributed by atoms with E-state index >= 15 is 0 Å². The lowest BCUT2D eigenvalue weighted by atomic mass is 10.2. The van der Waals surface area contributed by atoms with E-state index in [9.17, 15) is 13.2 Å². The van der Waals surface area contributed by atoms with Crippen LogP contribution in [0.5, 0.6) is 0 Å². The molecule has 0 aromatic rings. The van der Waals surface area contributed by atoms with Crippen molar-refractivity contribution in [3.63, 3.8) is 0 Å². The molecule has 0 aromatic heterocycles. The van der Waals surface area contributed by atoms with E-state index in [1.54, 1.807) is 20.8 Å². The zero-order valence-corrected chi connectivity index (χ0v) is 12.7. The minimum atomic E-state index is -3.23. The van der Waals surface area contributed by atoms with Crippen molar-refractivity contribution >= 4 is 32.0 Å². The van der Waals surface area contributed by atoms with Crippen LogP contribution in [0.3, 0.4) is 0 Å². The number of sulfonamides is 1. The molecule has 0 saturated carbocycles. The summed E-state index contributed by atoms with van der Waals surface area (Å²) in [5, 5.41) is 2.54. The fourth-order valence-electron chi connectivity index (χ4n) is 0.859. The quantitative estimate of drug-likeness (QED) is 0.565. The van der Waals surface area contributed by atoms with Crippen molar-refractivity contribution in [2.24, 2.45) is 0 Å². The number of halogens is 1. The second-order valence-electron chi connectivity index (χ2n) is 4.40. The van der Waals surface area contributed by atoms with Gasteiger partial charge in [-0.25, -0.2) is 17.9 Å². The summed E-state index contributed by atoms with van der Waals surface area (Å²) in [5.41, 5.74) is -0.526. The van der Waals surface area contributed by atoms with Gasteiger partial charge in [0.1, 0.15) is 10.3 Å². The molecule has 0 aliphatic heterocycles. The van der Waals surface area contributed by atoms with Gasteiger partial charge in [-0.15, -0.1) is 0 Å². The van der Waals surface area contributed by atoms with Crippen LogP contribution in [-0.2, 0) is 14.8 Å². The van der Waals surface area contributed by atoms with Gasteiger partial charge in [-0.2, -0.15) is 0 Å². The van der Waals surface area contributed by atoms with Gasteiger partial charge >= 0.3 is 6.09 Å². The third-order valence-electron chi connectivity index (χ3n) is 1.49. The Balaban J connectivity index is 3.63. The summed E-state index contributed by atoms with van der Waals surface area (Å²) in [5.74, 6) is 0. The predicted molar refractivity (Wildman–Crippen MR) is 69.6 cm³/mol. The first-order chi connectivity index (χ1) is 7.66. The topological polar surface area (TPSA) is 84.5 Å². The van der Waals surface area contributed by atoms with Crippen molar-refractivity contribution in [2.75, 3.05) is 17.8 Å². The molecule has 17 heavy (non-hydrogen) atoms. The van der Waals surface area contributed by atoms with E-state index in [1.165, 1.54) is 0 Å². The Kier molecular flexibility index (Phi) is 7.03. The van der Waals surface area contributed by atoms with E-state index < -0.39 is 21.7 Å². The molecule has 8 heteroatoms. The summed E-state index contributed by atoms with van der Waals surface area (Å²) in [6.07, 6.45) is 0.00622. The van der Waals surface area contributed by atoms with Crippen molar-refractivity contribution in [1.82, 2.24) is 10.0 Å². The number of amides is 1. The highest BCUT2D eigenvalue weighted by molar-refractivity contribution is 9.10. The summed E-state index contributed by atoms with van der Waals surface area (Å²) in [6, 6.07) is 0. The van der Waals surface area contributed by atoms with Crippen LogP contribution in [0.15, 0.2) is 0 Å². The molecule has 0 rings (SSSR count). The maximum atomic E-state index is 11.2. The molecule has 0 fully saturated rings. The summed E-state index contributed by atoms with van der Waals surface area (Å²) in [4.78, 5) is 11.2. The maximum absolute atomic E-state index is 11.2. The van der Waals surface area contributed by atoms with Gasteiger partial charge in [-0.1, -0.05) is 15.9 Å². The molecule has 0 radical (unpaired) electrons. The molecule has 0 heterocycles. The standard InChI is InChI=1S/C9H19BrN2O4S/c1-9(2,3)16-8(13)11-5-4-6-12-17(14,15)7-10/h12H,4-7H2,1-3H3,(H,11,13). The Morgan fingerprint density at radius 3 is 2.35 bits per heavy atom. The number of carbonyl (C=O) groups excluding carboxylic acids is 1. The summed E-state index contributed by atoms with van der Waals surface area (Å²) in [6.45, 7) is 5.97. The second kappa shape index (κ2) is 7.17. The number of carbonyl (C=O) groups is 1. The van der Waals surface area contributed by atoms with Crippen LogP contribution in [0.4, 0.5) is 4.79 Å². The van der Waals surface area contributed by atoms with Gasteiger partial charge in [0.05, 0.1) is 0 Å². The Bertz CT molecular complexity index is 337. The Morgan fingerprint density at radius 1 is 1.29 bits per heavy atom. The molecule has 0 aliphatic rings. The lowest BCUT2D eigenvalue weighted by Gasteiger charge is -2.19. The first-order valence-corrected chi connectivity index (χ1v) is 7.94. The van der Waals surface area contributed by atoms with Crippen molar-refractivity contribution in [1.29, 1.82) is 0 Å². The Labute approximate surface area is 111 Å². The van der Waals surface area contributed by atoms with Gasteiger partial charge in [0.15, 0.2) is 0 Å². The number of hydrogen-bond acceptors (Lipinski definition) is 4. The maximum Gasteiger partial charge on any atom is 0.407 e. The van der Waals surface area contributed by atoms with Crippen molar-refractivity contribution in [2.45, 2.75) is 32.8 Å². The molecule has 0 saturated heterocycles. The average Bonchev–Trinajstić information content (AvgIpc) is 2.14. The van der Waals surface area contributed by atoms with Crippen molar-refractivity contribution in [3.8, 4) is 0 Å². The lowest BCUT2D eigenvalue weighted by molar-refractivity contribution is 0.0527. The smallest absolute Gasteiger partial charge is 0.407 e. The Hall–Kier alpha value is -0.340. The molecule has 2 N–H and O–H groups in total. The van der Waals surface area contributed by atoms with Crippen molar-refractivity contribution < 1.29 is 17.9 Å². The van der Waals surface area contributed by atoms with Crippen LogP contribution in [0.25, 0.3) is 0 Å². The minimum absolute atomic E-state index is 0.126. The van der Waals surface area contributed by atoms with Gasteiger partial charge in [0.2, 0.25) is 10.0 Å². The molecular weight excluding hydrogens is 312 g/mol. The largest absolute Gasteiger partial charge is 0.444 e. The predicted octanol–water partition coefficient (Wildman–Crippen LogP) is 1.17. The van der Waals surface area contributed by atoms with Crippen LogP contribution < -0.4 is 10.0 Å². The first kappa shape index (κ1) is 16.7. The zero-order chi connectivity index (χ0) is 13.5. The van der Waals surface area contributed by atoms with E-state index in [0.717, 1.165) is 0 Å². The summed E-state index contributed by atoms with van der Waals surface area (Å²) >= 11 is 2.86. The third-order valence-corrected chi connectivity index (χ3v) is 4.23. The van der Waals surface area contributed by atoms with Crippen LogP contribution in [0.2, 0.25) is 0 Å². The van der Waals surface area contributed by atoms with Gasteiger partial charge in [-0.05, 0) is 27.2 Å². The number of rotatable bonds is 6. The van der Waals surface area contributed by atoms with Gasteiger partial charge in [0.25, 0.3) is 0 Å². The van der Waals surface area contributed by atoms with Crippen LogP contribution in [-0.4, -0.2) is 37.9 Å². The molecule has 0 spiro atoms. The molecule has 0 unspecified atom stereocenters.